The lowest BCUT2D eigenvalue weighted by atomic mass is 10.3. The van der Waals surface area contributed by atoms with E-state index in [-0.39, 0.29) is 15.8 Å². The van der Waals surface area contributed by atoms with E-state index in [1.807, 2.05) is 6.92 Å². The van der Waals surface area contributed by atoms with Gasteiger partial charge >= 0.3 is 0 Å². The fourth-order valence-electron chi connectivity index (χ4n) is 1.12. The van der Waals surface area contributed by atoms with Crippen LogP contribution in [0.3, 0.4) is 0 Å². The van der Waals surface area contributed by atoms with E-state index in [9.17, 15) is 13.0 Å². The van der Waals surface area contributed by atoms with Crippen molar-refractivity contribution >= 4 is 16.5 Å². The fourth-order valence-corrected chi connectivity index (χ4v) is 2.33. The van der Waals surface area contributed by atoms with Gasteiger partial charge in [-0.1, -0.05) is 13.8 Å². The Hall–Kier alpha value is -0.970. The SMILES string of the molecule is CCC(C)S(=O)c1c(F)cc(N)cc1F. The maximum atomic E-state index is 13.3. The third kappa shape index (κ3) is 2.53. The second kappa shape index (κ2) is 4.70. The normalized spacial score (nSPS) is 14.9. The highest BCUT2D eigenvalue weighted by Crippen LogP contribution is 2.23. The molecule has 1 aromatic rings. The minimum Gasteiger partial charge on any atom is -0.399 e. The van der Waals surface area contributed by atoms with Crippen LogP contribution in [0.25, 0.3) is 0 Å². The summed E-state index contributed by atoms with van der Waals surface area (Å²) in [6, 6.07) is 1.97. The van der Waals surface area contributed by atoms with E-state index in [0.717, 1.165) is 12.1 Å². The van der Waals surface area contributed by atoms with Crippen molar-refractivity contribution in [2.24, 2.45) is 0 Å². The molecule has 15 heavy (non-hydrogen) atoms. The summed E-state index contributed by atoms with van der Waals surface area (Å²) >= 11 is 0. The van der Waals surface area contributed by atoms with E-state index in [0.29, 0.717) is 6.42 Å². The van der Waals surface area contributed by atoms with Gasteiger partial charge in [-0.2, -0.15) is 0 Å². The molecule has 84 valence electrons. The number of rotatable bonds is 3. The van der Waals surface area contributed by atoms with E-state index < -0.39 is 22.4 Å². The van der Waals surface area contributed by atoms with Crippen molar-refractivity contribution in [3.8, 4) is 0 Å². The Bertz CT molecular complexity index is 372. The van der Waals surface area contributed by atoms with Gasteiger partial charge in [-0.3, -0.25) is 4.21 Å². The van der Waals surface area contributed by atoms with Gasteiger partial charge in [0.2, 0.25) is 0 Å². The van der Waals surface area contributed by atoms with Gasteiger partial charge < -0.3 is 5.73 Å². The molecule has 2 atom stereocenters. The van der Waals surface area contributed by atoms with Crippen molar-refractivity contribution in [3.63, 3.8) is 0 Å². The van der Waals surface area contributed by atoms with Gasteiger partial charge in [-0.05, 0) is 18.6 Å². The predicted molar refractivity (Wildman–Crippen MR) is 56.9 cm³/mol. The predicted octanol–water partition coefficient (Wildman–Crippen LogP) is 2.45. The van der Waals surface area contributed by atoms with Gasteiger partial charge in [-0.25, -0.2) is 8.78 Å². The molecule has 5 heteroatoms. The molecule has 0 amide bonds. The molecule has 2 unspecified atom stereocenters. The first-order valence-electron chi connectivity index (χ1n) is 4.62. The van der Waals surface area contributed by atoms with Crippen molar-refractivity contribution in [3.05, 3.63) is 23.8 Å². The summed E-state index contributed by atoms with van der Waals surface area (Å²) in [4.78, 5) is -0.376. The lowest BCUT2D eigenvalue weighted by Crippen LogP contribution is -2.13. The van der Waals surface area contributed by atoms with E-state index in [1.54, 1.807) is 6.92 Å². The molecule has 1 rings (SSSR count). The smallest absolute Gasteiger partial charge is 0.144 e. The van der Waals surface area contributed by atoms with Crippen molar-refractivity contribution in [1.82, 2.24) is 0 Å². The van der Waals surface area contributed by atoms with E-state index in [2.05, 4.69) is 0 Å². The van der Waals surface area contributed by atoms with Gasteiger partial charge in [0, 0.05) is 10.9 Å². The summed E-state index contributed by atoms with van der Waals surface area (Å²) in [7, 11) is -1.67. The molecule has 0 aromatic heterocycles. The Morgan fingerprint density at radius 3 is 2.27 bits per heavy atom. The van der Waals surface area contributed by atoms with Crippen molar-refractivity contribution < 1.29 is 13.0 Å². The highest BCUT2D eigenvalue weighted by Gasteiger charge is 2.20. The molecule has 0 fully saturated rings. The number of nitrogens with two attached hydrogens (primary N) is 1. The maximum Gasteiger partial charge on any atom is 0.144 e. The average Bonchev–Trinajstić information content (AvgIpc) is 2.14. The summed E-state index contributed by atoms with van der Waals surface area (Å²) in [5, 5.41) is -0.280. The number of hydrogen-bond donors (Lipinski definition) is 1. The molecule has 0 aliphatic rings. The second-order valence-corrected chi connectivity index (χ2v) is 5.14. The van der Waals surface area contributed by atoms with Crippen molar-refractivity contribution in [1.29, 1.82) is 0 Å². The van der Waals surface area contributed by atoms with Crippen LogP contribution in [0.15, 0.2) is 17.0 Å². The molecule has 0 bridgehead atoms. The first kappa shape index (κ1) is 12.1. The van der Waals surface area contributed by atoms with Gasteiger partial charge in [-0.15, -0.1) is 0 Å². The van der Waals surface area contributed by atoms with Gasteiger partial charge in [0.1, 0.15) is 16.5 Å². The first-order valence-corrected chi connectivity index (χ1v) is 5.83. The molecule has 0 spiro atoms. The number of benzene rings is 1. The van der Waals surface area contributed by atoms with Crippen molar-refractivity contribution in [2.45, 2.75) is 30.4 Å². The molecule has 0 radical (unpaired) electrons. The minimum absolute atomic E-state index is 0.00472. The molecular formula is C10H13F2NOS. The Morgan fingerprint density at radius 1 is 1.40 bits per heavy atom. The molecule has 2 N–H and O–H groups in total. The van der Waals surface area contributed by atoms with Crippen LogP contribution in [0.1, 0.15) is 20.3 Å². The summed E-state index contributed by atoms with van der Waals surface area (Å²) in [5.74, 6) is -1.68. The second-order valence-electron chi connectivity index (χ2n) is 3.33. The molecule has 0 saturated heterocycles. The number of hydrogen-bond acceptors (Lipinski definition) is 2. The van der Waals surface area contributed by atoms with E-state index in [4.69, 9.17) is 5.73 Å². The number of nitrogen functional groups attached to an aromatic ring is 1. The van der Waals surface area contributed by atoms with Crippen LogP contribution in [0.4, 0.5) is 14.5 Å². The van der Waals surface area contributed by atoms with Crippen LogP contribution in [-0.2, 0) is 10.8 Å². The van der Waals surface area contributed by atoms with Crippen LogP contribution in [0.2, 0.25) is 0 Å². The standard InChI is InChI=1S/C10H13F2NOS/c1-3-6(2)15(14)10-8(11)4-7(13)5-9(10)12/h4-6H,3,13H2,1-2H3. The zero-order valence-electron chi connectivity index (χ0n) is 8.59. The Labute approximate surface area is 89.9 Å². The highest BCUT2D eigenvalue weighted by atomic mass is 32.2. The third-order valence-corrected chi connectivity index (χ3v) is 4.02. The zero-order valence-corrected chi connectivity index (χ0v) is 9.41. The Balaban J connectivity index is 3.20. The van der Waals surface area contributed by atoms with Gasteiger partial charge in [0.05, 0.1) is 10.8 Å². The van der Waals surface area contributed by atoms with Crippen LogP contribution in [0.5, 0.6) is 0 Å². The molecule has 0 heterocycles. The average molecular weight is 233 g/mol. The molecule has 1 aromatic carbocycles. The molecule has 0 saturated carbocycles. The van der Waals surface area contributed by atoms with Crippen LogP contribution in [-0.4, -0.2) is 9.46 Å². The Kier molecular flexibility index (Phi) is 3.79. The first-order chi connectivity index (χ1) is 6.97. The van der Waals surface area contributed by atoms with Crippen LogP contribution >= 0.6 is 0 Å². The van der Waals surface area contributed by atoms with Crippen LogP contribution < -0.4 is 5.73 Å². The van der Waals surface area contributed by atoms with Crippen molar-refractivity contribution in [2.75, 3.05) is 5.73 Å². The zero-order chi connectivity index (χ0) is 11.6. The minimum atomic E-state index is -1.67. The Morgan fingerprint density at radius 2 is 1.87 bits per heavy atom. The fraction of sp³-hybridized carbons (Fsp3) is 0.400. The third-order valence-electron chi connectivity index (χ3n) is 2.16. The van der Waals surface area contributed by atoms with E-state index in [1.165, 1.54) is 0 Å². The molecular weight excluding hydrogens is 220 g/mol. The largest absolute Gasteiger partial charge is 0.399 e. The molecule has 2 nitrogen and oxygen atoms in total. The summed E-state index contributed by atoms with van der Waals surface area (Å²) in [5.41, 5.74) is 5.25. The quantitative estimate of drug-likeness (QED) is 0.815. The maximum absolute atomic E-state index is 13.3. The monoisotopic (exact) mass is 233 g/mol. The van der Waals surface area contributed by atoms with E-state index >= 15 is 0 Å². The number of halogens is 2. The highest BCUT2D eigenvalue weighted by molar-refractivity contribution is 7.85. The summed E-state index contributed by atoms with van der Waals surface area (Å²) in [6.07, 6.45) is 0.593. The topological polar surface area (TPSA) is 43.1 Å². The number of anilines is 1. The molecule has 0 aliphatic heterocycles. The lowest BCUT2D eigenvalue weighted by Gasteiger charge is -2.10. The summed E-state index contributed by atoms with van der Waals surface area (Å²) < 4.78 is 38.4. The molecule has 0 aliphatic carbocycles. The van der Waals surface area contributed by atoms with Gasteiger partial charge in [0.25, 0.3) is 0 Å². The summed E-state index contributed by atoms with van der Waals surface area (Å²) in [6.45, 7) is 3.50. The van der Waals surface area contributed by atoms with Gasteiger partial charge in [0.15, 0.2) is 0 Å². The lowest BCUT2D eigenvalue weighted by molar-refractivity contribution is 0.533. The van der Waals surface area contributed by atoms with Crippen LogP contribution in [0, 0.1) is 11.6 Å².